The van der Waals surface area contributed by atoms with Crippen LogP contribution in [0.4, 0.5) is 35.0 Å². The van der Waals surface area contributed by atoms with Crippen molar-refractivity contribution in [3.8, 4) is 11.6 Å². The Bertz CT molecular complexity index is 1490. The van der Waals surface area contributed by atoms with E-state index in [9.17, 15) is 27.5 Å². The van der Waals surface area contributed by atoms with Crippen molar-refractivity contribution in [1.29, 1.82) is 0 Å². The van der Waals surface area contributed by atoms with Gasteiger partial charge in [0.15, 0.2) is 11.6 Å². The molecular formula is C24H23F4N7O3. The highest BCUT2D eigenvalue weighted by Gasteiger charge is 2.48. The molecule has 0 spiro atoms. The lowest BCUT2D eigenvalue weighted by atomic mass is 9.93. The predicted octanol–water partition coefficient (Wildman–Crippen LogP) is 3.31. The third kappa shape index (κ3) is 4.44. The van der Waals surface area contributed by atoms with Gasteiger partial charge in [0, 0.05) is 36.4 Å². The van der Waals surface area contributed by atoms with Gasteiger partial charge in [0.2, 0.25) is 11.8 Å². The summed E-state index contributed by atoms with van der Waals surface area (Å²) in [5.41, 5.74) is -1.77. The zero-order chi connectivity index (χ0) is 29.7. The second kappa shape index (κ2) is 9.35. The molecule has 0 saturated carbocycles. The van der Waals surface area contributed by atoms with Crippen LogP contribution in [0.5, 0.6) is 11.6 Å². The van der Waals surface area contributed by atoms with Gasteiger partial charge in [-0.2, -0.15) is 22.5 Å². The minimum Gasteiger partial charge on any atom is -0.434 e. The zero-order valence-electron chi connectivity index (χ0n) is 22.9. The number of likely N-dealkylation sites (N-methyl/N-ethyl adjacent to an activating group) is 1. The van der Waals surface area contributed by atoms with E-state index < -0.39 is 48.6 Å². The Hall–Kier alpha value is -4.07. The Kier molecular flexibility index (Phi) is 5.40. The van der Waals surface area contributed by atoms with E-state index in [0.717, 1.165) is 11.0 Å². The number of halogens is 4. The number of nitrogens with zero attached hydrogens (tertiary/aromatic N) is 6. The molecule has 0 aliphatic carbocycles. The number of pyridine rings is 2. The molecule has 38 heavy (non-hydrogen) atoms. The van der Waals surface area contributed by atoms with Gasteiger partial charge in [0.1, 0.15) is 16.9 Å². The number of hydrogen-bond donors (Lipinski definition) is 2. The summed E-state index contributed by atoms with van der Waals surface area (Å²) in [6.07, 6.45) is -2.36. The highest BCUT2D eigenvalue weighted by Crippen LogP contribution is 2.43. The second-order valence-electron chi connectivity index (χ2n) is 8.94. The number of rotatable bonds is 6. The molecule has 14 heteroatoms. The first-order chi connectivity index (χ1) is 19.2. The molecule has 5 heterocycles. The number of carbonyl (C=O) groups excluding carboxylic acids is 1. The van der Waals surface area contributed by atoms with Crippen molar-refractivity contribution in [3.05, 3.63) is 53.4 Å². The number of alkyl halides is 3. The highest BCUT2D eigenvalue weighted by molar-refractivity contribution is 6.08. The Morgan fingerprint density at radius 2 is 2.05 bits per heavy atom. The molecule has 0 unspecified atom stereocenters. The molecule has 5 rings (SSSR count). The van der Waals surface area contributed by atoms with Crippen molar-refractivity contribution in [2.45, 2.75) is 38.0 Å². The maximum Gasteiger partial charge on any atom is 0.433 e. The molecule has 2 N–H and O–H groups in total. The molecule has 10 nitrogen and oxygen atoms in total. The minimum atomic E-state index is -4.80. The van der Waals surface area contributed by atoms with Gasteiger partial charge in [-0.05, 0) is 37.5 Å². The topological polar surface area (TPSA) is 117 Å². The van der Waals surface area contributed by atoms with Crippen LogP contribution in [0.15, 0.2) is 30.5 Å². The average molecular weight is 537 g/mol. The van der Waals surface area contributed by atoms with Gasteiger partial charge in [-0.25, -0.2) is 15.0 Å². The summed E-state index contributed by atoms with van der Waals surface area (Å²) in [4.78, 5) is 31.3. The zero-order valence-corrected chi connectivity index (χ0v) is 19.9. The quantitative estimate of drug-likeness (QED) is 0.362. The molecule has 0 aromatic carbocycles. The van der Waals surface area contributed by atoms with Crippen LogP contribution in [-0.2, 0) is 23.9 Å². The van der Waals surface area contributed by atoms with Crippen LogP contribution in [0.3, 0.4) is 0 Å². The van der Waals surface area contributed by atoms with Crippen LogP contribution in [-0.4, -0.2) is 56.6 Å². The van der Waals surface area contributed by atoms with Crippen LogP contribution in [0, 0.1) is 5.95 Å². The number of hydrogen-bond acceptors (Lipinski definition) is 9. The SMILES string of the molecule is [2H]C([2H])([2H])N1c2nc(NCc3ccc(Oc4ccc(C(F)(F)F)nc4F)nc3)nc3c2N(CCC3)C(=O)[C@]1(C)CO. The Morgan fingerprint density at radius 1 is 1.24 bits per heavy atom. The molecule has 1 atom stereocenters. The molecule has 200 valence electrons. The number of aliphatic hydroxyl groups excluding tert-OH is 1. The molecule has 0 bridgehead atoms. The van der Waals surface area contributed by atoms with Crippen LogP contribution >= 0.6 is 0 Å². The van der Waals surface area contributed by atoms with Crippen LogP contribution in [0.25, 0.3) is 0 Å². The number of anilines is 3. The first kappa shape index (κ1) is 22.0. The monoisotopic (exact) mass is 536 g/mol. The summed E-state index contributed by atoms with van der Waals surface area (Å²) in [6.45, 7) is -1.72. The third-order valence-corrected chi connectivity index (χ3v) is 6.29. The van der Waals surface area contributed by atoms with Gasteiger partial charge in [-0.15, -0.1) is 0 Å². The number of carbonyl (C=O) groups is 1. The van der Waals surface area contributed by atoms with Crippen LogP contribution in [0.2, 0.25) is 0 Å². The van der Waals surface area contributed by atoms with E-state index in [4.69, 9.17) is 8.85 Å². The fourth-order valence-corrected chi connectivity index (χ4v) is 4.18. The van der Waals surface area contributed by atoms with E-state index in [1.54, 1.807) is 6.07 Å². The van der Waals surface area contributed by atoms with Crippen molar-refractivity contribution < 1.29 is 36.3 Å². The van der Waals surface area contributed by atoms with E-state index in [1.807, 2.05) is 0 Å². The lowest BCUT2D eigenvalue weighted by Crippen LogP contribution is -2.64. The van der Waals surface area contributed by atoms with Crippen molar-refractivity contribution in [2.75, 3.05) is 35.2 Å². The lowest BCUT2D eigenvalue weighted by molar-refractivity contribution is -0.141. The van der Waals surface area contributed by atoms with Gasteiger partial charge in [0.05, 0.1) is 12.3 Å². The van der Waals surface area contributed by atoms with Crippen molar-refractivity contribution >= 4 is 23.4 Å². The molecule has 1 amide bonds. The highest BCUT2D eigenvalue weighted by atomic mass is 19.4. The van der Waals surface area contributed by atoms with E-state index in [1.165, 1.54) is 24.1 Å². The lowest BCUT2D eigenvalue weighted by Gasteiger charge is -2.47. The second-order valence-corrected chi connectivity index (χ2v) is 8.94. The average Bonchev–Trinajstić information content (AvgIpc) is 2.91. The molecule has 3 aromatic heterocycles. The van der Waals surface area contributed by atoms with E-state index in [-0.39, 0.29) is 24.2 Å². The van der Waals surface area contributed by atoms with Gasteiger partial charge >= 0.3 is 6.18 Å². The van der Waals surface area contributed by atoms with Crippen molar-refractivity contribution in [1.82, 2.24) is 19.9 Å². The van der Waals surface area contributed by atoms with Gasteiger partial charge in [0.25, 0.3) is 11.9 Å². The Balaban J connectivity index is 1.36. The fraction of sp³-hybridized carbons (Fsp3) is 0.375. The first-order valence-corrected chi connectivity index (χ1v) is 11.5. The Morgan fingerprint density at radius 3 is 2.71 bits per heavy atom. The summed E-state index contributed by atoms with van der Waals surface area (Å²) in [5.74, 6) is -2.53. The fourth-order valence-electron chi connectivity index (χ4n) is 4.18. The van der Waals surface area contributed by atoms with Gasteiger partial charge < -0.3 is 25.0 Å². The number of ether oxygens (including phenoxy) is 1. The van der Waals surface area contributed by atoms with Gasteiger partial charge in [-0.3, -0.25) is 4.79 Å². The van der Waals surface area contributed by atoms with E-state index in [2.05, 4.69) is 25.3 Å². The molecule has 2 aliphatic heterocycles. The third-order valence-electron chi connectivity index (χ3n) is 6.29. The molecular weight excluding hydrogens is 510 g/mol. The standard InChI is InChI=1S/C24H23F4N7O3/c1-23(12-36)21(37)35-9-3-4-14-18(35)20(34(23)2)33-22(31-14)30-11-13-5-8-17(29-10-13)38-15-6-7-16(24(26,27)28)32-19(15)25/h5-8,10,36H,3-4,9,11-12H2,1-2H3,(H,30,31,33)/t23-/m0/s1/i2D3. The van der Waals surface area contributed by atoms with E-state index in [0.29, 0.717) is 42.4 Å². The maximum absolute atomic E-state index is 14.0. The van der Waals surface area contributed by atoms with Crippen molar-refractivity contribution in [3.63, 3.8) is 0 Å². The summed E-state index contributed by atoms with van der Waals surface area (Å²) >= 11 is 0. The van der Waals surface area contributed by atoms with Gasteiger partial charge in [-0.1, -0.05) is 6.07 Å². The normalized spacial score (nSPS) is 20.4. The Labute approximate surface area is 218 Å². The summed E-state index contributed by atoms with van der Waals surface area (Å²) in [5, 5.41) is 13.1. The maximum atomic E-state index is 14.0. The van der Waals surface area contributed by atoms with Crippen LogP contribution < -0.4 is 19.9 Å². The first-order valence-electron chi connectivity index (χ1n) is 13.0. The number of aromatic nitrogens is 4. The molecule has 0 radical (unpaired) electrons. The summed E-state index contributed by atoms with van der Waals surface area (Å²) in [6, 6.07) is 4.33. The minimum absolute atomic E-state index is 0.00222. The molecule has 3 aromatic rings. The summed E-state index contributed by atoms with van der Waals surface area (Å²) < 4.78 is 81.5. The van der Waals surface area contributed by atoms with Crippen LogP contribution in [0.1, 0.15) is 34.4 Å². The predicted molar refractivity (Wildman–Crippen MR) is 127 cm³/mol. The molecule has 0 saturated heterocycles. The number of aliphatic hydroxyl groups is 1. The number of aryl methyl sites for hydroxylation is 1. The smallest absolute Gasteiger partial charge is 0.433 e. The molecule has 0 fully saturated rings. The largest absolute Gasteiger partial charge is 0.434 e. The molecule has 2 aliphatic rings. The van der Waals surface area contributed by atoms with E-state index >= 15 is 0 Å². The summed E-state index contributed by atoms with van der Waals surface area (Å²) in [7, 11) is 0. The van der Waals surface area contributed by atoms with Crippen molar-refractivity contribution in [2.24, 2.45) is 0 Å². The number of nitrogens with one attached hydrogen (secondary N) is 1. The number of amides is 1.